The highest BCUT2D eigenvalue weighted by Crippen LogP contribution is 2.22. The van der Waals surface area contributed by atoms with Gasteiger partial charge in [0.25, 0.3) is 0 Å². The standard InChI is InChI=1S/C18H21N3O3S/c1-13-16(19-9-8-17(13)24-11-5-10-23-2)12-25(22)18-20-14-6-3-4-7-15(14)21-18/h3-4,6-9H,5,10-12H2,1-2H3,(H,20,21)/i1D3,3D,4D,5D2,6D,7D,10D2,11D2,12D2. The molecule has 0 aliphatic rings. The van der Waals surface area contributed by atoms with Crippen LogP contribution in [0.3, 0.4) is 0 Å². The van der Waals surface area contributed by atoms with Gasteiger partial charge in [-0.1, -0.05) is 12.1 Å². The van der Waals surface area contributed by atoms with E-state index in [1.165, 1.54) is 0 Å². The van der Waals surface area contributed by atoms with E-state index in [2.05, 4.69) is 19.7 Å². The number of hydrogen-bond donors (Lipinski definition) is 1. The normalized spacial score (nSPS) is 24.0. The summed E-state index contributed by atoms with van der Waals surface area (Å²) in [7, 11) is -2.18. The summed E-state index contributed by atoms with van der Waals surface area (Å²) in [5.74, 6) is -0.948. The molecular formula is C18H21N3O3S. The Morgan fingerprint density at radius 3 is 3.12 bits per heavy atom. The number of para-hydroxylation sites is 2. The minimum absolute atomic E-state index is 0.283. The molecule has 25 heavy (non-hydrogen) atoms. The van der Waals surface area contributed by atoms with E-state index in [1.807, 2.05) is 0 Å². The van der Waals surface area contributed by atoms with E-state index < -0.39 is 89.2 Å². The largest absolute Gasteiger partial charge is 0.493 e. The molecule has 0 aliphatic heterocycles. The zero-order valence-electron chi connectivity index (χ0n) is 27.7. The Bertz CT molecular complexity index is 1440. The molecule has 132 valence electrons. The fraction of sp³-hybridized carbons (Fsp3) is 0.333. The van der Waals surface area contributed by atoms with Crippen molar-refractivity contribution in [2.45, 2.75) is 24.1 Å². The van der Waals surface area contributed by atoms with Crippen LogP contribution in [0.5, 0.6) is 5.75 Å². The molecule has 0 spiro atoms. The summed E-state index contributed by atoms with van der Waals surface area (Å²) in [6, 6.07) is -1.67. The first kappa shape index (κ1) is 6.81. The summed E-state index contributed by atoms with van der Waals surface area (Å²) >= 11 is 0. The number of fused-ring (bicyclic) bond motifs is 1. The fourth-order valence-electron chi connectivity index (χ4n) is 1.70. The van der Waals surface area contributed by atoms with Crippen molar-refractivity contribution in [3.63, 3.8) is 0 Å². The summed E-state index contributed by atoms with van der Waals surface area (Å²) in [5, 5.41) is -0.684. The first-order chi connectivity index (χ1) is 18.0. The van der Waals surface area contributed by atoms with Crippen molar-refractivity contribution in [1.82, 2.24) is 15.0 Å². The maximum Gasteiger partial charge on any atom is 0.197 e. The highest BCUT2D eigenvalue weighted by molar-refractivity contribution is 7.84. The predicted molar refractivity (Wildman–Crippen MR) is 97.2 cm³/mol. The fourth-order valence-corrected chi connectivity index (χ4v) is 2.50. The highest BCUT2D eigenvalue weighted by Gasteiger charge is 2.14. The number of methoxy groups -OCH3 is 1. The third-order valence-electron chi connectivity index (χ3n) is 2.76. The maximum absolute atomic E-state index is 13.4. The van der Waals surface area contributed by atoms with Gasteiger partial charge in [-0.25, -0.2) is 4.98 Å². The van der Waals surface area contributed by atoms with Gasteiger partial charge >= 0.3 is 0 Å². The summed E-state index contributed by atoms with van der Waals surface area (Å²) in [6.07, 6.45) is -2.75. The van der Waals surface area contributed by atoms with Crippen molar-refractivity contribution < 1.29 is 34.2 Å². The van der Waals surface area contributed by atoms with E-state index in [0.29, 0.717) is 0 Å². The summed E-state index contributed by atoms with van der Waals surface area (Å²) < 4.78 is 142. The molecule has 0 bridgehead atoms. The van der Waals surface area contributed by atoms with Gasteiger partial charge < -0.3 is 14.5 Å². The number of nitrogens with zero attached hydrogens (tertiary/aromatic N) is 2. The van der Waals surface area contributed by atoms with E-state index in [9.17, 15) is 4.21 Å². The van der Waals surface area contributed by atoms with Crippen LogP contribution in [0, 0.1) is 6.85 Å². The van der Waals surface area contributed by atoms with Gasteiger partial charge in [-0.15, -0.1) is 0 Å². The maximum atomic E-state index is 13.4. The van der Waals surface area contributed by atoms with Crippen LogP contribution in [0.1, 0.15) is 38.2 Å². The minimum Gasteiger partial charge on any atom is -0.493 e. The Morgan fingerprint density at radius 1 is 1.40 bits per heavy atom. The number of hydrogen-bond acceptors (Lipinski definition) is 5. The summed E-state index contributed by atoms with van der Waals surface area (Å²) in [4.78, 5) is 9.91. The zero-order chi connectivity index (χ0) is 30.8. The average Bonchev–Trinajstić information content (AvgIpc) is 3.30. The van der Waals surface area contributed by atoms with Gasteiger partial charge in [-0.3, -0.25) is 9.19 Å². The zero-order valence-corrected chi connectivity index (χ0v) is 13.5. The van der Waals surface area contributed by atoms with Crippen molar-refractivity contribution in [3.8, 4) is 5.75 Å². The van der Waals surface area contributed by atoms with E-state index in [1.54, 1.807) is 0 Å². The van der Waals surface area contributed by atoms with Gasteiger partial charge in [0.15, 0.2) is 5.16 Å². The minimum atomic E-state index is -3.59. The molecule has 3 rings (SSSR count). The van der Waals surface area contributed by atoms with Crippen LogP contribution < -0.4 is 4.74 Å². The lowest BCUT2D eigenvalue weighted by molar-refractivity contribution is 0.172. The quantitative estimate of drug-likeness (QED) is 0.656. The van der Waals surface area contributed by atoms with Gasteiger partial charge in [0, 0.05) is 41.4 Å². The average molecular weight is 375 g/mol. The number of rotatable bonds is 8. The lowest BCUT2D eigenvalue weighted by Gasteiger charge is -2.11. The topological polar surface area (TPSA) is 77.1 Å². The Kier molecular flexibility index (Phi) is 2.24. The van der Waals surface area contributed by atoms with Crippen molar-refractivity contribution in [2.75, 3.05) is 20.2 Å². The van der Waals surface area contributed by atoms with E-state index in [0.717, 1.165) is 19.4 Å². The molecule has 1 aromatic carbocycles. The molecule has 1 N–H and O–H groups in total. The number of aromatic amines is 1. The Morgan fingerprint density at radius 2 is 2.28 bits per heavy atom. The molecule has 7 heteroatoms. The molecule has 3 aromatic rings. The molecule has 1 atom stereocenters. The summed E-state index contributed by atoms with van der Waals surface area (Å²) in [6.45, 7) is -10.2. The van der Waals surface area contributed by atoms with Crippen molar-refractivity contribution in [3.05, 3.63) is 47.7 Å². The molecule has 0 saturated carbocycles. The second kappa shape index (κ2) is 8.22. The van der Waals surface area contributed by atoms with Gasteiger partial charge in [0.2, 0.25) is 0 Å². The Labute approximate surface area is 170 Å². The number of imidazole rings is 1. The van der Waals surface area contributed by atoms with Crippen LogP contribution in [-0.4, -0.2) is 39.4 Å². The second-order valence-corrected chi connectivity index (χ2v) is 5.43. The smallest absolute Gasteiger partial charge is 0.197 e. The van der Waals surface area contributed by atoms with E-state index >= 15 is 0 Å². The first-order valence-electron chi connectivity index (χ1n) is 14.1. The van der Waals surface area contributed by atoms with Crippen LogP contribution in [0.25, 0.3) is 11.0 Å². The molecule has 0 amide bonds. The lowest BCUT2D eigenvalue weighted by Crippen LogP contribution is -2.06. The highest BCUT2D eigenvalue weighted by atomic mass is 32.2. The number of ether oxygens (including phenoxy) is 2. The van der Waals surface area contributed by atoms with E-state index in [4.69, 9.17) is 25.3 Å². The number of pyridine rings is 1. The van der Waals surface area contributed by atoms with Gasteiger partial charge in [0.1, 0.15) is 5.75 Å². The van der Waals surface area contributed by atoms with Crippen molar-refractivity contribution >= 4 is 21.8 Å². The Hall–Kier alpha value is -2.25. The van der Waals surface area contributed by atoms with Crippen LogP contribution in [0.2, 0.25) is 0 Å². The molecule has 0 fully saturated rings. The number of aromatic nitrogens is 3. The van der Waals surface area contributed by atoms with E-state index in [-0.39, 0.29) is 11.0 Å². The third-order valence-corrected chi connectivity index (χ3v) is 3.68. The molecule has 2 heterocycles. The van der Waals surface area contributed by atoms with Gasteiger partial charge in [0.05, 0.1) is 50.8 Å². The lowest BCUT2D eigenvalue weighted by atomic mass is 10.2. The van der Waals surface area contributed by atoms with Gasteiger partial charge in [-0.2, -0.15) is 0 Å². The second-order valence-electron chi connectivity index (χ2n) is 4.30. The first-order valence-corrected chi connectivity index (χ1v) is 7.80. The monoisotopic (exact) mass is 374 g/mol. The van der Waals surface area contributed by atoms with Crippen LogP contribution in [0.4, 0.5) is 0 Å². The molecule has 0 aliphatic carbocycles. The number of benzene rings is 1. The summed E-state index contributed by atoms with van der Waals surface area (Å²) in [5.41, 5.74) is -5.98. The van der Waals surface area contributed by atoms with Crippen molar-refractivity contribution in [1.29, 1.82) is 0 Å². The molecule has 6 nitrogen and oxygen atoms in total. The number of nitrogens with one attached hydrogen (secondary N) is 1. The molecular weight excluding hydrogens is 338 g/mol. The van der Waals surface area contributed by atoms with Crippen LogP contribution in [-0.2, 0) is 21.2 Å². The van der Waals surface area contributed by atoms with Crippen molar-refractivity contribution in [2.24, 2.45) is 0 Å². The van der Waals surface area contributed by atoms with Crippen LogP contribution >= 0.6 is 0 Å². The number of H-pyrrole nitrogens is 1. The predicted octanol–water partition coefficient (Wildman–Crippen LogP) is 2.99. The van der Waals surface area contributed by atoms with Gasteiger partial charge in [-0.05, 0) is 25.0 Å². The third kappa shape index (κ3) is 4.24. The molecule has 1 unspecified atom stereocenters. The molecule has 2 aromatic heterocycles. The van der Waals surface area contributed by atoms with Crippen LogP contribution in [0.15, 0.2) is 41.6 Å². The molecule has 0 saturated heterocycles. The SMILES string of the molecule is [2H]c1c([2H])c([2H])c2[nH]c(S(=O)C([2H])([2H])c3nccc(OC([2H])([2H])C([2H])([2H])C([2H])([2H])OC)c3C([2H])([2H])[2H])nc2c1[2H]. The molecule has 0 radical (unpaired) electrons. The Balaban J connectivity index is 2.19.